The Morgan fingerprint density at radius 1 is 0.846 bits per heavy atom. The lowest BCUT2D eigenvalue weighted by molar-refractivity contribution is -0.121. The van der Waals surface area contributed by atoms with Crippen LogP contribution in [0.5, 0.6) is 0 Å². The Labute approximate surface area is 152 Å². The number of rotatable bonds is 3. The molecule has 3 aromatic rings. The molecule has 0 saturated carbocycles. The molecular weight excluding hydrogens is 324 g/mol. The highest BCUT2D eigenvalue weighted by molar-refractivity contribution is 6.04. The number of carbonyl (C=O) groups excluding carboxylic acids is 1. The number of nitrogens with zero attached hydrogens (tertiary/aromatic N) is 2. The number of hydrogen-bond donors (Lipinski definition) is 0. The third kappa shape index (κ3) is 3.22. The van der Waals surface area contributed by atoms with E-state index in [0.717, 1.165) is 27.9 Å². The SMILES string of the molecule is Cc1ccc(C2=NN(c3cccc(-c4ccccc4)c3)C(=O)CO2)cc1. The lowest BCUT2D eigenvalue weighted by Crippen LogP contribution is -2.36. The standard InChI is InChI=1S/C22H18N2O2/c1-16-10-12-18(13-11-16)22-23-24(21(25)15-26-22)20-9-5-8-19(14-20)17-6-3-2-4-7-17/h2-14H,15H2,1H3. The summed E-state index contributed by atoms with van der Waals surface area (Å²) >= 11 is 0. The highest BCUT2D eigenvalue weighted by Crippen LogP contribution is 2.26. The topological polar surface area (TPSA) is 41.9 Å². The molecule has 0 atom stereocenters. The van der Waals surface area contributed by atoms with E-state index in [1.165, 1.54) is 5.01 Å². The molecule has 0 aromatic heterocycles. The zero-order chi connectivity index (χ0) is 17.9. The number of benzene rings is 3. The van der Waals surface area contributed by atoms with Gasteiger partial charge in [-0.3, -0.25) is 4.79 Å². The van der Waals surface area contributed by atoms with Crippen molar-refractivity contribution in [1.29, 1.82) is 0 Å². The molecule has 1 aliphatic heterocycles. The lowest BCUT2D eigenvalue weighted by Gasteiger charge is -2.24. The van der Waals surface area contributed by atoms with Gasteiger partial charge in [-0.2, -0.15) is 5.01 Å². The van der Waals surface area contributed by atoms with E-state index >= 15 is 0 Å². The van der Waals surface area contributed by atoms with Gasteiger partial charge in [0.2, 0.25) is 5.90 Å². The van der Waals surface area contributed by atoms with Crippen LogP contribution in [-0.2, 0) is 9.53 Å². The molecule has 4 rings (SSSR count). The summed E-state index contributed by atoms with van der Waals surface area (Å²) in [6.45, 7) is 2.00. The van der Waals surface area contributed by atoms with Gasteiger partial charge in [-0.1, -0.05) is 60.2 Å². The number of anilines is 1. The van der Waals surface area contributed by atoms with Crippen LogP contribution in [0.3, 0.4) is 0 Å². The summed E-state index contributed by atoms with van der Waals surface area (Å²) in [5.74, 6) is 0.265. The van der Waals surface area contributed by atoms with E-state index in [-0.39, 0.29) is 12.5 Å². The molecule has 0 saturated heterocycles. The molecule has 128 valence electrons. The van der Waals surface area contributed by atoms with Crippen LogP contribution < -0.4 is 5.01 Å². The predicted octanol–water partition coefficient (Wildman–Crippen LogP) is 4.39. The van der Waals surface area contributed by atoms with E-state index in [4.69, 9.17) is 4.74 Å². The fraction of sp³-hybridized carbons (Fsp3) is 0.0909. The van der Waals surface area contributed by atoms with Crippen molar-refractivity contribution >= 4 is 17.5 Å². The zero-order valence-electron chi connectivity index (χ0n) is 14.4. The van der Waals surface area contributed by atoms with Crippen molar-refractivity contribution in [3.8, 4) is 11.1 Å². The molecule has 4 nitrogen and oxygen atoms in total. The molecule has 0 bridgehead atoms. The Bertz CT molecular complexity index is 963. The molecule has 0 aliphatic carbocycles. The molecule has 1 amide bonds. The largest absolute Gasteiger partial charge is 0.466 e. The molecule has 0 unspecified atom stereocenters. The normalized spacial score (nSPS) is 14.0. The van der Waals surface area contributed by atoms with Crippen molar-refractivity contribution in [3.05, 3.63) is 90.0 Å². The van der Waals surface area contributed by atoms with Gasteiger partial charge in [0.05, 0.1) is 5.69 Å². The van der Waals surface area contributed by atoms with E-state index in [1.54, 1.807) is 0 Å². The van der Waals surface area contributed by atoms with E-state index in [2.05, 4.69) is 5.10 Å². The van der Waals surface area contributed by atoms with Gasteiger partial charge in [0.25, 0.3) is 5.91 Å². The minimum Gasteiger partial charge on any atom is -0.466 e. The van der Waals surface area contributed by atoms with Gasteiger partial charge in [-0.15, -0.1) is 5.10 Å². The number of carbonyl (C=O) groups is 1. The molecule has 0 fully saturated rings. The monoisotopic (exact) mass is 342 g/mol. The first kappa shape index (κ1) is 16.1. The number of amides is 1. The maximum absolute atomic E-state index is 12.4. The zero-order valence-corrected chi connectivity index (χ0v) is 14.4. The second-order valence-corrected chi connectivity index (χ2v) is 6.18. The molecule has 3 aromatic carbocycles. The Morgan fingerprint density at radius 2 is 1.58 bits per heavy atom. The summed E-state index contributed by atoms with van der Waals surface area (Å²) < 4.78 is 5.54. The van der Waals surface area contributed by atoms with Gasteiger partial charge in [0.15, 0.2) is 6.61 Å². The number of ether oxygens (including phenoxy) is 1. The lowest BCUT2D eigenvalue weighted by atomic mass is 10.1. The highest BCUT2D eigenvalue weighted by Gasteiger charge is 2.24. The van der Waals surface area contributed by atoms with Crippen LogP contribution in [0.2, 0.25) is 0 Å². The van der Waals surface area contributed by atoms with Crippen LogP contribution in [-0.4, -0.2) is 18.4 Å². The first-order valence-corrected chi connectivity index (χ1v) is 8.47. The van der Waals surface area contributed by atoms with Crippen LogP contribution in [0.15, 0.2) is 84.0 Å². The molecule has 1 aliphatic rings. The minimum absolute atomic E-state index is 0.0255. The van der Waals surface area contributed by atoms with Crippen LogP contribution in [0.4, 0.5) is 5.69 Å². The third-order valence-electron chi connectivity index (χ3n) is 4.26. The van der Waals surface area contributed by atoms with Crippen molar-refractivity contribution in [2.75, 3.05) is 11.6 Å². The summed E-state index contributed by atoms with van der Waals surface area (Å²) in [5.41, 5.74) is 4.87. The third-order valence-corrected chi connectivity index (χ3v) is 4.26. The van der Waals surface area contributed by atoms with Gasteiger partial charge < -0.3 is 4.74 Å². The second-order valence-electron chi connectivity index (χ2n) is 6.18. The van der Waals surface area contributed by atoms with Gasteiger partial charge in [-0.25, -0.2) is 0 Å². The molecule has 4 heteroatoms. The van der Waals surface area contributed by atoms with Crippen LogP contribution >= 0.6 is 0 Å². The summed E-state index contributed by atoms with van der Waals surface area (Å²) in [6.07, 6.45) is 0. The van der Waals surface area contributed by atoms with Gasteiger partial charge >= 0.3 is 0 Å². The first-order valence-electron chi connectivity index (χ1n) is 8.47. The average Bonchev–Trinajstić information content (AvgIpc) is 2.70. The number of aryl methyl sites for hydroxylation is 1. The van der Waals surface area contributed by atoms with Gasteiger partial charge in [0.1, 0.15) is 0 Å². The van der Waals surface area contributed by atoms with Crippen molar-refractivity contribution < 1.29 is 9.53 Å². The fourth-order valence-corrected chi connectivity index (χ4v) is 2.85. The molecule has 26 heavy (non-hydrogen) atoms. The Balaban J connectivity index is 1.70. The maximum atomic E-state index is 12.4. The summed E-state index contributed by atoms with van der Waals surface area (Å²) in [5, 5.41) is 5.87. The van der Waals surface area contributed by atoms with Gasteiger partial charge in [-0.05, 0) is 42.3 Å². The minimum atomic E-state index is -0.189. The fourth-order valence-electron chi connectivity index (χ4n) is 2.85. The molecular formula is C22H18N2O2. The summed E-state index contributed by atoms with van der Waals surface area (Å²) in [7, 11) is 0. The smallest absolute Gasteiger partial charge is 0.285 e. The van der Waals surface area contributed by atoms with E-state index in [9.17, 15) is 4.79 Å². The van der Waals surface area contributed by atoms with Gasteiger partial charge in [0, 0.05) is 5.56 Å². The Morgan fingerprint density at radius 3 is 2.35 bits per heavy atom. The highest BCUT2D eigenvalue weighted by atomic mass is 16.5. The molecule has 0 radical (unpaired) electrons. The second kappa shape index (κ2) is 6.84. The van der Waals surface area contributed by atoms with Crippen LogP contribution in [0.25, 0.3) is 11.1 Å². The van der Waals surface area contributed by atoms with Crippen molar-refractivity contribution in [1.82, 2.24) is 0 Å². The Hall–Kier alpha value is -3.40. The molecule has 0 N–H and O–H groups in total. The summed E-state index contributed by atoms with van der Waals surface area (Å²) in [6, 6.07) is 25.8. The Kier molecular flexibility index (Phi) is 4.23. The molecule has 0 spiro atoms. The van der Waals surface area contributed by atoms with Crippen molar-refractivity contribution in [2.45, 2.75) is 6.92 Å². The van der Waals surface area contributed by atoms with E-state index < -0.39 is 0 Å². The van der Waals surface area contributed by atoms with Crippen LogP contribution in [0, 0.1) is 6.92 Å². The number of hydrazone groups is 1. The van der Waals surface area contributed by atoms with Crippen molar-refractivity contribution in [3.63, 3.8) is 0 Å². The van der Waals surface area contributed by atoms with Crippen LogP contribution in [0.1, 0.15) is 11.1 Å². The first-order chi connectivity index (χ1) is 12.7. The van der Waals surface area contributed by atoms with Crippen molar-refractivity contribution in [2.24, 2.45) is 5.10 Å². The van der Waals surface area contributed by atoms with E-state index in [0.29, 0.717) is 5.90 Å². The predicted molar refractivity (Wildman–Crippen MR) is 103 cm³/mol. The quantitative estimate of drug-likeness (QED) is 0.708. The maximum Gasteiger partial charge on any atom is 0.285 e. The number of hydrogen-bond acceptors (Lipinski definition) is 3. The van der Waals surface area contributed by atoms with E-state index in [1.807, 2.05) is 85.8 Å². The average molecular weight is 342 g/mol. The summed E-state index contributed by atoms with van der Waals surface area (Å²) in [4.78, 5) is 12.4. The molecule has 1 heterocycles.